The number of rotatable bonds is 8. The number of halogens is 2. The lowest BCUT2D eigenvalue weighted by atomic mass is 10.2. The minimum atomic E-state index is -4.38. The largest absolute Gasteiger partial charge is 0.493 e. The van der Waals surface area contributed by atoms with Gasteiger partial charge in [-0.2, -0.15) is 8.42 Å². The number of thioether (sulfide) groups is 1. The average Bonchev–Trinajstić information content (AvgIpc) is 3.24. The summed E-state index contributed by atoms with van der Waals surface area (Å²) in [6.07, 6.45) is 1.52. The van der Waals surface area contributed by atoms with Gasteiger partial charge < -0.3 is 14.2 Å². The number of amidine groups is 1. The number of carbonyl (C=O) groups excluding carboxylic acids is 1. The van der Waals surface area contributed by atoms with Gasteiger partial charge in [0.25, 0.3) is 17.3 Å². The molecule has 1 aliphatic heterocycles. The number of non-ortho nitro benzene ring substituents is 2. The molecule has 1 amide bonds. The summed E-state index contributed by atoms with van der Waals surface area (Å²) in [6, 6.07) is 11.2. The second-order valence-corrected chi connectivity index (χ2v) is 12.0. The lowest BCUT2D eigenvalue weighted by Gasteiger charge is -2.13. The highest BCUT2D eigenvalue weighted by atomic mass is 79.9. The van der Waals surface area contributed by atoms with Gasteiger partial charge in [-0.05, 0) is 85.6 Å². The van der Waals surface area contributed by atoms with Crippen LogP contribution in [-0.2, 0) is 14.9 Å². The Morgan fingerprint density at radius 2 is 1.62 bits per heavy atom. The lowest BCUT2D eigenvalue weighted by molar-refractivity contribution is -0.385. The summed E-state index contributed by atoms with van der Waals surface area (Å²) < 4.78 is 36.7. The van der Waals surface area contributed by atoms with E-state index in [0.29, 0.717) is 15.7 Å². The molecule has 17 heteroatoms. The first-order chi connectivity index (χ1) is 18.9. The number of amides is 1. The zero-order chi connectivity index (χ0) is 29.2. The minimum absolute atomic E-state index is 0.0267. The maximum Gasteiger partial charge on any atom is 0.339 e. The van der Waals surface area contributed by atoms with E-state index in [1.807, 2.05) is 0 Å². The monoisotopic (exact) mass is 712 g/mol. The van der Waals surface area contributed by atoms with Gasteiger partial charge in [-0.1, -0.05) is 0 Å². The van der Waals surface area contributed by atoms with Crippen LogP contribution in [0.15, 0.2) is 78.3 Å². The van der Waals surface area contributed by atoms with Gasteiger partial charge >= 0.3 is 10.1 Å². The van der Waals surface area contributed by atoms with E-state index in [9.17, 15) is 33.4 Å². The van der Waals surface area contributed by atoms with Crippen LogP contribution in [0.5, 0.6) is 11.5 Å². The summed E-state index contributed by atoms with van der Waals surface area (Å²) in [5, 5.41) is 24.6. The Morgan fingerprint density at radius 1 is 0.975 bits per heavy atom. The zero-order valence-electron chi connectivity index (χ0n) is 19.9. The topological polar surface area (TPSA) is 180 Å². The molecular formula is C23H14Br2N4O9S2. The molecule has 4 rings (SSSR count). The Balaban J connectivity index is 1.58. The van der Waals surface area contributed by atoms with Crippen LogP contribution in [0.2, 0.25) is 0 Å². The summed E-state index contributed by atoms with van der Waals surface area (Å²) >= 11 is 7.53. The number of nitro benzene ring substituents is 2. The summed E-state index contributed by atoms with van der Waals surface area (Å²) in [4.78, 5) is 37.4. The molecule has 0 radical (unpaired) electrons. The van der Waals surface area contributed by atoms with E-state index in [0.717, 1.165) is 36.0 Å². The molecule has 1 heterocycles. The summed E-state index contributed by atoms with van der Waals surface area (Å²) in [7, 11) is -3.08. The average molecular weight is 714 g/mol. The molecule has 0 saturated carbocycles. The van der Waals surface area contributed by atoms with Gasteiger partial charge in [0.05, 0.1) is 36.5 Å². The highest BCUT2D eigenvalue weighted by Crippen LogP contribution is 2.40. The van der Waals surface area contributed by atoms with Crippen molar-refractivity contribution in [2.24, 2.45) is 4.99 Å². The maximum absolute atomic E-state index is 12.8. The standard InChI is InChI=1S/C23H14Br2N4O9S2/c1-37-19-9-12(8-17(25)21(19)38-40(35,36)15-5-2-13(3-6-15)28(31)32)10-20-22(30)27-23(39-20)26-18-7-4-14(29(33)34)11-16(18)24/h2-11H,1H3,(H,26,27,30)/b20-10+. The maximum atomic E-state index is 12.8. The van der Waals surface area contributed by atoms with Gasteiger partial charge in [-0.3, -0.25) is 25.0 Å². The van der Waals surface area contributed by atoms with Crippen LogP contribution in [0.4, 0.5) is 17.1 Å². The molecular weight excluding hydrogens is 700 g/mol. The van der Waals surface area contributed by atoms with Crippen molar-refractivity contribution in [2.45, 2.75) is 4.90 Å². The molecule has 1 N–H and O–H groups in total. The predicted octanol–water partition coefficient (Wildman–Crippen LogP) is 5.70. The number of nitro groups is 2. The fraction of sp³-hybridized carbons (Fsp3) is 0.0435. The Kier molecular flexibility index (Phi) is 8.57. The number of nitrogens with zero attached hydrogens (tertiary/aromatic N) is 3. The van der Waals surface area contributed by atoms with Crippen LogP contribution in [-0.4, -0.2) is 36.4 Å². The van der Waals surface area contributed by atoms with Crippen LogP contribution in [0.25, 0.3) is 6.08 Å². The second-order valence-electron chi connectivity index (χ2n) is 7.70. The Morgan fingerprint density at radius 3 is 2.23 bits per heavy atom. The number of hydrogen-bond donors (Lipinski definition) is 1. The molecule has 0 spiro atoms. The van der Waals surface area contributed by atoms with E-state index >= 15 is 0 Å². The first-order valence-corrected chi connectivity index (χ1v) is 14.5. The van der Waals surface area contributed by atoms with Crippen molar-refractivity contribution in [1.82, 2.24) is 5.32 Å². The number of benzene rings is 3. The number of carbonyl (C=O) groups is 1. The molecule has 13 nitrogen and oxygen atoms in total. The predicted molar refractivity (Wildman–Crippen MR) is 153 cm³/mol. The van der Waals surface area contributed by atoms with E-state index in [4.69, 9.17) is 8.92 Å². The van der Waals surface area contributed by atoms with Gasteiger partial charge in [0, 0.05) is 24.3 Å². The molecule has 1 fully saturated rings. The third-order valence-corrected chi connectivity index (χ3v) is 8.46. The van der Waals surface area contributed by atoms with Gasteiger partial charge in [-0.25, -0.2) is 4.99 Å². The summed E-state index contributed by atoms with van der Waals surface area (Å²) in [5.41, 5.74) is 0.429. The van der Waals surface area contributed by atoms with Gasteiger partial charge in [0.15, 0.2) is 16.7 Å². The normalized spacial score (nSPS) is 15.2. The summed E-state index contributed by atoms with van der Waals surface area (Å²) in [5.74, 6) is -0.589. The smallest absolute Gasteiger partial charge is 0.339 e. The van der Waals surface area contributed by atoms with Gasteiger partial charge in [0.2, 0.25) is 0 Å². The number of ether oxygens (including phenoxy) is 1. The van der Waals surface area contributed by atoms with E-state index in [1.165, 1.54) is 43.5 Å². The third-order valence-electron chi connectivity index (χ3n) is 5.09. The van der Waals surface area contributed by atoms with Crippen LogP contribution >= 0.6 is 43.6 Å². The van der Waals surface area contributed by atoms with Crippen molar-refractivity contribution in [3.8, 4) is 11.5 Å². The van der Waals surface area contributed by atoms with E-state index in [-0.39, 0.29) is 42.3 Å². The Bertz CT molecular complexity index is 1730. The molecule has 3 aromatic rings. The molecule has 206 valence electrons. The van der Waals surface area contributed by atoms with Crippen molar-refractivity contribution in [3.05, 3.63) is 94.2 Å². The van der Waals surface area contributed by atoms with Crippen molar-refractivity contribution >= 4 is 88.0 Å². The molecule has 0 unspecified atom stereocenters. The van der Waals surface area contributed by atoms with E-state index < -0.39 is 25.9 Å². The number of hydrogen-bond acceptors (Lipinski definition) is 11. The van der Waals surface area contributed by atoms with Crippen molar-refractivity contribution in [1.29, 1.82) is 0 Å². The van der Waals surface area contributed by atoms with E-state index in [2.05, 4.69) is 42.2 Å². The third kappa shape index (κ3) is 6.49. The molecule has 3 aromatic carbocycles. The quantitative estimate of drug-likeness (QED) is 0.132. The zero-order valence-corrected chi connectivity index (χ0v) is 24.7. The van der Waals surface area contributed by atoms with Crippen molar-refractivity contribution < 1.29 is 32.0 Å². The lowest BCUT2D eigenvalue weighted by Crippen LogP contribution is -2.19. The number of aliphatic imine (C=N–C) groups is 1. The first-order valence-electron chi connectivity index (χ1n) is 10.7. The highest BCUT2D eigenvalue weighted by molar-refractivity contribution is 9.11. The number of nitrogens with one attached hydrogen (secondary N) is 1. The molecule has 1 saturated heterocycles. The minimum Gasteiger partial charge on any atom is -0.493 e. The molecule has 1 aliphatic rings. The van der Waals surface area contributed by atoms with Crippen LogP contribution < -0.4 is 14.2 Å². The van der Waals surface area contributed by atoms with Crippen molar-refractivity contribution in [2.75, 3.05) is 7.11 Å². The molecule has 0 aliphatic carbocycles. The Hall–Kier alpha value is -3.80. The van der Waals surface area contributed by atoms with E-state index in [1.54, 1.807) is 0 Å². The Labute approximate surface area is 247 Å². The molecule has 0 bridgehead atoms. The molecule has 40 heavy (non-hydrogen) atoms. The number of methoxy groups -OCH3 is 1. The molecule has 0 atom stereocenters. The first kappa shape index (κ1) is 29.2. The molecule has 0 aromatic heterocycles. The second kappa shape index (κ2) is 11.7. The highest BCUT2D eigenvalue weighted by Gasteiger charge is 2.26. The fourth-order valence-electron chi connectivity index (χ4n) is 3.24. The SMILES string of the molecule is COc1cc(/C=C2/SC(=Nc3ccc([N+](=O)[O-])cc3Br)NC2=O)cc(Br)c1OS(=O)(=O)c1ccc([N+](=O)[O-])cc1. The van der Waals surface area contributed by atoms with Crippen LogP contribution in [0.3, 0.4) is 0 Å². The van der Waals surface area contributed by atoms with Crippen LogP contribution in [0, 0.1) is 20.2 Å². The van der Waals surface area contributed by atoms with Gasteiger partial charge in [0.1, 0.15) is 4.90 Å². The fourth-order valence-corrected chi connectivity index (χ4v) is 6.13. The van der Waals surface area contributed by atoms with Crippen molar-refractivity contribution in [3.63, 3.8) is 0 Å². The van der Waals surface area contributed by atoms with Crippen LogP contribution in [0.1, 0.15) is 5.56 Å². The summed E-state index contributed by atoms with van der Waals surface area (Å²) in [6.45, 7) is 0. The van der Waals surface area contributed by atoms with Gasteiger partial charge in [-0.15, -0.1) is 0 Å².